The summed E-state index contributed by atoms with van der Waals surface area (Å²) < 4.78 is 12.2. The van der Waals surface area contributed by atoms with E-state index in [1.165, 1.54) is 77.0 Å². The molecule has 2 saturated heterocycles. The molecule has 0 aromatic rings. The van der Waals surface area contributed by atoms with E-state index in [4.69, 9.17) is 9.47 Å². The molecule has 0 spiro atoms. The summed E-state index contributed by atoms with van der Waals surface area (Å²) >= 11 is 0. The Bertz CT molecular complexity index is 298. The molecule has 0 N–H and O–H groups in total. The maximum Gasteiger partial charge on any atom is 0.0576 e. The second-order valence-electron chi connectivity index (χ2n) is 9.32. The van der Waals surface area contributed by atoms with Crippen LogP contribution in [0.15, 0.2) is 0 Å². The Morgan fingerprint density at radius 3 is 1.67 bits per heavy atom. The summed E-state index contributed by atoms with van der Waals surface area (Å²) in [6.07, 6.45) is 17.5. The topological polar surface area (TPSA) is 18.5 Å². The average Bonchev–Trinajstić information content (AvgIpc) is 2.62. The molecule has 3 rings (SSSR count). The zero-order valence-electron chi connectivity index (χ0n) is 16.2. The fourth-order valence-electron chi connectivity index (χ4n) is 4.94. The Morgan fingerprint density at radius 2 is 1.08 bits per heavy atom. The van der Waals surface area contributed by atoms with E-state index in [2.05, 4.69) is 13.8 Å². The van der Waals surface area contributed by atoms with Crippen LogP contribution in [-0.2, 0) is 9.47 Å². The predicted octanol–water partition coefficient (Wildman–Crippen LogP) is 5.98. The van der Waals surface area contributed by atoms with Crippen LogP contribution in [0.3, 0.4) is 0 Å². The first-order chi connectivity index (χ1) is 11.7. The molecule has 4 atom stereocenters. The smallest absolute Gasteiger partial charge is 0.0576 e. The minimum absolute atomic E-state index is 0.510. The first-order valence-electron chi connectivity index (χ1n) is 10.9. The molecule has 3 fully saturated rings. The summed E-state index contributed by atoms with van der Waals surface area (Å²) in [5, 5.41) is 0. The molecule has 4 unspecified atom stereocenters. The number of hydrogen-bond donors (Lipinski definition) is 0. The second-order valence-corrected chi connectivity index (χ2v) is 9.32. The van der Waals surface area contributed by atoms with Crippen molar-refractivity contribution in [2.45, 2.75) is 103 Å². The molecule has 0 aromatic carbocycles. The van der Waals surface area contributed by atoms with Gasteiger partial charge in [0.05, 0.1) is 12.2 Å². The third-order valence-electron chi connectivity index (χ3n) is 6.99. The molecule has 2 heterocycles. The maximum absolute atomic E-state index is 6.20. The van der Waals surface area contributed by atoms with Gasteiger partial charge in [0, 0.05) is 13.2 Å². The lowest BCUT2D eigenvalue weighted by atomic mass is 9.79. The van der Waals surface area contributed by atoms with E-state index in [0.29, 0.717) is 12.2 Å². The van der Waals surface area contributed by atoms with Gasteiger partial charge in [-0.15, -0.1) is 0 Å². The molecule has 140 valence electrons. The van der Waals surface area contributed by atoms with E-state index < -0.39 is 0 Å². The van der Waals surface area contributed by atoms with Crippen molar-refractivity contribution in [3.8, 4) is 0 Å². The number of ether oxygens (including phenoxy) is 2. The molecule has 1 aliphatic carbocycles. The van der Waals surface area contributed by atoms with Gasteiger partial charge in [-0.25, -0.2) is 0 Å². The van der Waals surface area contributed by atoms with Gasteiger partial charge in [-0.3, -0.25) is 0 Å². The van der Waals surface area contributed by atoms with Crippen LogP contribution < -0.4 is 0 Å². The van der Waals surface area contributed by atoms with Gasteiger partial charge in [-0.2, -0.15) is 0 Å². The van der Waals surface area contributed by atoms with Crippen LogP contribution in [0.2, 0.25) is 0 Å². The van der Waals surface area contributed by atoms with Crippen molar-refractivity contribution in [3.63, 3.8) is 0 Å². The van der Waals surface area contributed by atoms with Gasteiger partial charge in [-0.05, 0) is 68.6 Å². The van der Waals surface area contributed by atoms with E-state index >= 15 is 0 Å². The lowest BCUT2D eigenvalue weighted by Gasteiger charge is -2.33. The Labute approximate surface area is 150 Å². The monoisotopic (exact) mass is 336 g/mol. The lowest BCUT2D eigenvalue weighted by molar-refractivity contribution is -0.0490. The quantitative estimate of drug-likeness (QED) is 0.593. The van der Waals surface area contributed by atoms with Gasteiger partial charge in [0.15, 0.2) is 0 Å². The molecule has 24 heavy (non-hydrogen) atoms. The van der Waals surface area contributed by atoms with Crippen molar-refractivity contribution in [3.05, 3.63) is 0 Å². The van der Waals surface area contributed by atoms with Crippen molar-refractivity contribution in [1.29, 1.82) is 0 Å². The van der Waals surface area contributed by atoms with Crippen molar-refractivity contribution in [2.75, 3.05) is 13.2 Å². The highest BCUT2D eigenvalue weighted by atomic mass is 16.5. The summed E-state index contributed by atoms with van der Waals surface area (Å²) in [6, 6.07) is 0. The predicted molar refractivity (Wildman–Crippen MR) is 100 cm³/mol. The van der Waals surface area contributed by atoms with Crippen LogP contribution in [0.25, 0.3) is 0 Å². The van der Waals surface area contributed by atoms with Gasteiger partial charge in [0.25, 0.3) is 0 Å². The van der Waals surface area contributed by atoms with E-state index in [9.17, 15) is 0 Å². The summed E-state index contributed by atoms with van der Waals surface area (Å²) in [7, 11) is 0. The van der Waals surface area contributed by atoms with E-state index in [0.717, 1.165) is 36.9 Å². The first-order valence-corrected chi connectivity index (χ1v) is 10.9. The molecule has 0 amide bonds. The summed E-state index contributed by atoms with van der Waals surface area (Å²) in [4.78, 5) is 0. The third-order valence-corrected chi connectivity index (χ3v) is 6.99. The molecule has 3 aliphatic rings. The summed E-state index contributed by atoms with van der Waals surface area (Å²) in [5.74, 6) is 3.61. The molecule has 2 aliphatic heterocycles. The van der Waals surface area contributed by atoms with E-state index in [1.54, 1.807) is 0 Å². The van der Waals surface area contributed by atoms with Crippen molar-refractivity contribution >= 4 is 0 Å². The Kier molecular flexibility index (Phi) is 7.46. The largest absolute Gasteiger partial charge is 0.378 e. The molecule has 2 heteroatoms. The molecule has 1 saturated carbocycles. The SMILES string of the molecule is CC1CCC(CCC2CCC(CCC3CCC(C)CO3)OC2)CC1. The van der Waals surface area contributed by atoms with Crippen LogP contribution >= 0.6 is 0 Å². The summed E-state index contributed by atoms with van der Waals surface area (Å²) in [5.41, 5.74) is 0. The highest BCUT2D eigenvalue weighted by molar-refractivity contribution is 4.76. The van der Waals surface area contributed by atoms with Crippen LogP contribution in [0.5, 0.6) is 0 Å². The first kappa shape index (κ1) is 18.7. The lowest BCUT2D eigenvalue weighted by Crippen LogP contribution is -2.29. The molecule has 2 nitrogen and oxygen atoms in total. The standard InChI is InChI=1S/C22H40O2/c1-17-3-6-19(7-4-17)8-9-20-10-12-22(24-16-20)14-13-21-11-5-18(2)15-23-21/h17-22H,3-16H2,1-2H3. The van der Waals surface area contributed by atoms with Crippen molar-refractivity contribution < 1.29 is 9.47 Å². The Hall–Kier alpha value is -0.0800. The fraction of sp³-hybridized carbons (Fsp3) is 1.00. The maximum atomic E-state index is 6.20. The van der Waals surface area contributed by atoms with Gasteiger partial charge in [0.1, 0.15) is 0 Å². The summed E-state index contributed by atoms with van der Waals surface area (Å²) in [6.45, 7) is 6.72. The molecular weight excluding hydrogens is 296 g/mol. The average molecular weight is 337 g/mol. The van der Waals surface area contributed by atoms with Gasteiger partial charge in [-0.1, -0.05) is 46.0 Å². The number of rotatable bonds is 6. The molecule has 0 aromatic heterocycles. The second kappa shape index (κ2) is 9.57. The molecular formula is C22H40O2. The van der Waals surface area contributed by atoms with Crippen molar-refractivity contribution in [2.24, 2.45) is 23.7 Å². The van der Waals surface area contributed by atoms with Gasteiger partial charge >= 0.3 is 0 Å². The van der Waals surface area contributed by atoms with Crippen molar-refractivity contribution in [1.82, 2.24) is 0 Å². The molecule has 0 bridgehead atoms. The fourth-order valence-corrected chi connectivity index (χ4v) is 4.94. The van der Waals surface area contributed by atoms with Crippen LogP contribution in [0, 0.1) is 23.7 Å². The third kappa shape index (κ3) is 6.02. The van der Waals surface area contributed by atoms with Crippen LogP contribution in [0.1, 0.15) is 90.9 Å². The highest BCUT2D eigenvalue weighted by Gasteiger charge is 2.25. The van der Waals surface area contributed by atoms with Crippen LogP contribution in [0.4, 0.5) is 0 Å². The Morgan fingerprint density at radius 1 is 0.542 bits per heavy atom. The minimum atomic E-state index is 0.510. The minimum Gasteiger partial charge on any atom is -0.378 e. The van der Waals surface area contributed by atoms with Gasteiger partial charge < -0.3 is 9.47 Å². The number of hydrogen-bond acceptors (Lipinski definition) is 2. The highest BCUT2D eigenvalue weighted by Crippen LogP contribution is 2.34. The van der Waals surface area contributed by atoms with Gasteiger partial charge in [0.2, 0.25) is 0 Å². The normalized spacial score (nSPS) is 41.2. The molecule has 0 radical (unpaired) electrons. The zero-order chi connectivity index (χ0) is 16.8. The van der Waals surface area contributed by atoms with E-state index in [1.807, 2.05) is 0 Å². The van der Waals surface area contributed by atoms with E-state index in [-0.39, 0.29) is 0 Å². The zero-order valence-corrected chi connectivity index (χ0v) is 16.2. The Balaban J connectivity index is 1.24. The van der Waals surface area contributed by atoms with Crippen LogP contribution in [-0.4, -0.2) is 25.4 Å².